The van der Waals surface area contributed by atoms with E-state index in [1.165, 1.54) is 4.90 Å². The summed E-state index contributed by atoms with van der Waals surface area (Å²) < 4.78 is 26.2. The molecule has 2 aliphatic rings. The summed E-state index contributed by atoms with van der Waals surface area (Å²) in [6, 6.07) is -4.34. The zero-order valence-corrected chi connectivity index (χ0v) is 25.8. The molecule has 4 unspecified atom stereocenters. The number of hydrogen-bond acceptors (Lipinski definition) is 7. The highest BCUT2D eigenvalue weighted by atomic mass is 32.2. The third-order valence-corrected chi connectivity index (χ3v) is 8.67. The van der Waals surface area contributed by atoms with Crippen molar-refractivity contribution in [2.75, 3.05) is 12.8 Å². The van der Waals surface area contributed by atoms with Crippen molar-refractivity contribution in [1.29, 1.82) is 0 Å². The molecule has 3 amide bonds. The van der Waals surface area contributed by atoms with Crippen LogP contribution in [0.3, 0.4) is 0 Å². The maximum Gasteiger partial charge on any atom is 0.374 e. The zero-order valence-electron chi connectivity index (χ0n) is 25.0. The van der Waals surface area contributed by atoms with Crippen LogP contribution >= 0.6 is 0 Å². The summed E-state index contributed by atoms with van der Waals surface area (Å²) in [5.74, 6) is -4.70. The van der Waals surface area contributed by atoms with Crippen LogP contribution in [0.25, 0.3) is 0 Å². The van der Waals surface area contributed by atoms with Crippen LogP contribution in [0.15, 0.2) is 0 Å². The smallest absolute Gasteiger partial charge is 0.374 e. The first-order valence-electron chi connectivity index (χ1n) is 13.8. The average Bonchev–Trinajstić information content (AvgIpc) is 3.13. The van der Waals surface area contributed by atoms with E-state index in [1.54, 1.807) is 27.7 Å². The van der Waals surface area contributed by atoms with Crippen molar-refractivity contribution < 1.29 is 37.5 Å². The number of hydrogen-bond donors (Lipinski definition) is 4. The fourth-order valence-electron chi connectivity index (χ4n) is 5.77. The number of aliphatic carboxylic acids is 1. The number of carboxylic acids is 1. The molecule has 0 radical (unpaired) electrons. The van der Waals surface area contributed by atoms with Crippen molar-refractivity contribution in [3.63, 3.8) is 0 Å². The molecule has 1 heterocycles. The van der Waals surface area contributed by atoms with Crippen molar-refractivity contribution in [1.82, 2.24) is 20.3 Å². The Bertz CT molecular complexity index is 1130. The second-order valence-electron chi connectivity index (χ2n) is 13.3. The molecule has 0 aromatic carbocycles. The molecule has 12 nitrogen and oxygen atoms in total. The van der Waals surface area contributed by atoms with Crippen LogP contribution in [0, 0.1) is 28.6 Å². The van der Waals surface area contributed by atoms with Gasteiger partial charge in [0.15, 0.2) is 0 Å². The van der Waals surface area contributed by atoms with Gasteiger partial charge in [0.2, 0.25) is 27.7 Å². The van der Waals surface area contributed by atoms with Crippen molar-refractivity contribution >= 4 is 39.5 Å². The molecule has 0 aromatic rings. The summed E-state index contributed by atoms with van der Waals surface area (Å²) in [7, 11) is -3.71. The van der Waals surface area contributed by atoms with E-state index >= 15 is 0 Å². The Morgan fingerprint density at radius 3 is 2.08 bits per heavy atom. The van der Waals surface area contributed by atoms with Gasteiger partial charge in [-0.2, -0.15) is 0 Å². The molecule has 1 aliphatic heterocycles. The normalized spacial score (nSPS) is 24.1. The third kappa shape index (κ3) is 7.80. The molecule has 0 spiro atoms. The van der Waals surface area contributed by atoms with E-state index in [0.717, 1.165) is 6.26 Å². The van der Waals surface area contributed by atoms with Crippen LogP contribution in [0.1, 0.15) is 74.7 Å². The van der Waals surface area contributed by atoms with Crippen molar-refractivity contribution in [3.05, 3.63) is 0 Å². The molecular formula is C27H46N4O8S. The van der Waals surface area contributed by atoms with E-state index in [2.05, 4.69) is 15.4 Å². The van der Waals surface area contributed by atoms with E-state index < -0.39 is 69.1 Å². The van der Waals surface area contributed by atoms with Crippen molar-refractivity contribution in [2.24, 2.45) is 28.6 Å². The van der Waals surface area contributed by atoms with Gasteiger partial charge in [-0.15, -0.1) is 0 Å². The zero-order chi connectivity index (χ0) is 31.0. The molecule has 0 bridgehead atoms. The van der Waals surface area contributed by atoms with Crippen molar-refractivity contribution in [3.8, 4) is 0 Å². The summed E-state index contributed by atoms with van der Waals surface area (Å²) in [6.45, 7) is 15.0. The Balaban J connectivity index is 2.37. The van der Waals surface area contributed by atoms with E-state index in [4.69, 9.17) is 0 Å². The fraction of sp³-hybridized carbons (Fsp3) is 0.815. The molecule has 1 saturated carbocycles. The predicted octanol–water partition coefficient (Wildman–Crippen LogP) is 0.903. The highest BCUT2D eigenvalue weighted by Crippen LogP contribution is 2.65. The van der Waals surface area contributed by atoms with Gasteiger partial charge in [-0.1, -0.05) is 61.8 Å². The minimum Gasteiger partial charge on any atom is -0.475 e. The number of ketones is 1. The van der Waals surface area contributed by atoms with Gasteiger partial charge in [0, 0.05) is 6.54 Å². The van der Waals surface area contributed by atoms with Crippen LogP contribution < -0.4 is 15.4 Å². The van der Waals surface area contributed by atoms with E-state index in [9.17, 15) is 37.5 Å². The first-order valence-corrected chi connectivity index (χ1v) is 15.7. The van der Waals surface area contributed by atoms with Crippen LogP contribution in [0.2, 0.25) is 0 Å². The first kappa shape index (κ1) is 33.7. The van der Waals surface area contributed by atoms with Gasteiger partial charge >= 0.3 is 5.97 Å². The monoisotopic (exact) mass is 586 g/mol. The van der Waals surface area contributed by atoms with Gasteiger partial charge in [-0.25, -0.2) is 17.9 Å². The van der Waals surface area contributed by atoms with Crippen LogP contribution in [-0.2, 0) is 34.0 Å². The lowest BCUT2D eigenvalue weighted by molar-refractivity contribution is -0.151. The van der Waals surface area contributed by atoms with Crippen LogP contribution in [0.4, 0.5) is 0 Å². The summed E-state index contributed by atoms with van der Waals surface area (Å²) in [6.07, 6.45) is 1.78. The number of likely N-dealkylation sites (tertiary alicyclic amines) is 1. The number of nitrogens with zero attached hydrogens (tertiary/aromatic N) is 1. The molecule has 6 atom stereocenters. The number of nitrogens with one attached hydrogen (secondary N) is 3. The summed E-state index contributed by atoms with van der Waals surface area (Å²) in [5, 5.41) is 14.5. The maximum atomic E-state index is 14.0. The number of amides is 3. The minimum absolute atomic E-state index is 0.0145. The van der Waals surface area contributed by atoms with Gasteiger partial charge in [0.1, 0.15) is 18.1 Å². The SMILES string of the molecule is CCCC(NC(=O)C1[C@@H]2C(CN1C(=O)C(NC(=O)[C@H](CC(C)C)NS(C)(=O)=O)C(C)(C)C)C2(C)C)C(=O)C(=O)O. The number of carbonyl (C=O) groups excluding carboxylic acids is 4. The molecule has 1 aliphatic carbocycles. The predicted molar refractivity (Wildman–Crippen MR) is 148 cm³/mol. The molecule has 2 rings (SSSR count). The lowest BCUT2D eigenvalue weighted by Crippen LogP contribution is -2.62. The van der Waals surface area contributed by atoms with Gasteiger partial charge in [-0.05, 0) is 41.4 Å². The number of carboxylic acid groups (broad SMARTS) is 1. The maximum absolute atomic E-state index is 14.0. The lowest BCUT2D eigenvalue weighted by Gasteiger charge is -2.38. The van der Waals surface area contributed by atoms with Crippen LogP contribution in [-0.4, -0.2) is 84.9 Å². The Hall–Kier alpha value is -2.54. The van der Waals surface area contributed by atoms with Crippen LogP contribution in [0.5, 0.6) is 0 Å². The second-order valence-corrected chi connectivity index (χ2v) is 15.1. The quantitative estimate of drug-likeness (QED) is 0.230. The highest BCUT2D eigenvalue weighted by molar-refractivity contribution is 7.88. The van der Waals surface area contributed by atoms with Gasteiger partial charge in [0.25, 0.3) is 5.78 Å². The van der Waals surface area contributed by atoms with Gasteiger partial charge in [0.05, 0.1) is 12.3 Å². The number of fused-ring (bicyclic) bond motifs is 1. The Morgan fingerprint density at radius 1 is 1.05 bits per heavy atom. The second kappa shape index (κ2) is 12.1. The van der Waals surface area contributed by atoms with E-state index in [0.29, 0.717) is 6.42 Å². The summed E-state index contributed by atoms with van der Waals surface area (Å²) in [4.78, 5) is 65.9. The molecule has 13 heteroatoms. The number of sulfonamides is 1. The van der Waals surface area contributed by atoms with Gasteiger partial charge in [-0.3, -0.25) is 19.2 Å². The summed E-state index contributed by atoms with van der Waals surface area (Å²) in [5.41, 5.74) is -1.04. The molecule has 1 saturated heterocycles. The fourth-order valence-corrected chi connectivity index (χ4v) is 6.49. The number of Topliss-reactive ketones (excluding diaryl/α,β-unsaturated/α-hetero) is 1. The number of piperidine rings is 1. The van der Waals surface area contributed by atoms with E-state index in [-0.39, 0.29) is 42.6 Å². The third-order valence-electron chi connectivity index (χ3n) is 7.96. The lowest BCUT2D eigenvalue weighted by atomic mass is 9.84. The molecule has 0 aromatic heterocycles. The molecule has 4 N–H and O–H groups in total. The summed E-state index contributed by atoms with van der Waals surface area (Å²) >= 11 is 0. The molecule has 40 heavy (non-hydrogen) atoms. The largest absolute Gasteiger partial charge is 0.475 e. The molecule has 2 fully saturated rings. The van der Waals surface area contributed by atoms with E-state index in [1.807, 2.05) is 27.7 Å². The standard InChI is InChI=1S/C27H46N4O8S/c1-10-11-16(20(32)25(36)37)28-23(34)19-18-15(27(18,7)8)13-31(19)24(35)21(26(4,5)6)29-22(33)17(12-14(2)3)30-40(9,38)39/h14-19,21,30H,10-13H2,1-9H3,(H,28,34)(H,29,33)(H,36,37)/t15?,16?,17-,18-,19?,21?/m0/s1. The Morgan fingerprint density at radius 2 is 1.62 bits per heavy atom. The Kier molecular flexibility index (Phi) is 10.2. The number of rotatable bonds is 13. The topological polar surface area (TPSA) is 179 Å². The molecule has 228 valence electrons. The Labute approximate surface area is 237 Å². The highest BCUT2D eigenvalue weighted by Gasteiger charge is 2.70. The number of carbonyl (C=O) groups is 5. The average molecular weight is 587 g/mol. The molecular weight excluding hydrogens is 540 g/mol. The first-order chi connectivity index (χ1) is 18.1. The van der Waals surface area contributed by atoms with Gasteiger partial charge < -0.3 is 20.6 Å². The van der Waals surface area contributed by atoms with Crippen molar-refractivity contribution in [2.45, 2.75) is 98.8 Å². The minimum atomic E-state index is -3.71.